The smallest absolute Gasteiger partial charge is 0.274 e. The fourth-order valence-electron chi connectivity index (χ4n) is 3.31. The molecule has 1 amide bonds. The molecule has 4 rings (SSSR count). The van der Waals surface area contributed by atoms with Crippen LogP contribution in [0.1, 0.15) is 34.1 Å². The van der Waals surface area contributed by atoms with Crippen LogP contribution in [0.5, 0.6) is 5.75 Å². The topological polar surface area (TPSA) is 64.4 Å². The highest BCUT2D eigenvalue weighted by Gasteiger charge is 2.26. The highest BCUT2D eigenvalue weighted by molar-refractivity contribution is 5.98. The van der Waals surface area contributed by atoms with Crippen LogP contribution in [0.2, 0.25) is 0 Å². The summed E-state index contributed by atoms with van der Waals surface area (Å²) in [6.45, 7) is 0. The Bertz CT molecular complexity index is 917. The number of nitrogens with zero attached hydrogens (tertiary/aromatic N) is 1. The summed E-state index contributed by atoms with van der Waals surface area (Å²) in [7, 11) is 1.60. The molecule has 25 heavy (non-hydrogen) atoms. The Morgan fingerprint density at radius 2 is 2.12 bits per heavy atom. The van der Waals surface area contributed by atoms with Crippen LogP contribution in [0.25, 0.3) is 11.3 Å². The number of aryl methyl sites for hydroxylation is 1. The molecule has 5 nitrogen and oxygen atoms in total. The molecule has 2 aromatic carbocycles. The predicted molar refractivity (Wildman–Crippen MR) is 93.5 cm³/mol. The molecule has 1 heterocycles. The van der Waals surface area contributed by atoms with E-state index >= 15 is 0 Å². The molecule has 0 aliphatic heterocycles. The summed E-state index contributed by atoms with van der Waals surface area (Å²) in [4.78, 5) is 16.9. The fourth-order valence-corrected chi connectivity index (χ4v) is 3.31. The van der Waals surface area contributed by atoms with Crippen molar-refractivity contribution in [3.05, 3.63) is 71.7 Å². The van der Waals surface area contributed by atoms with Crippen LogP contribution in [0, 0.1) is 0 Å². The number of ether oxygens (including phenoxy) is 1. The van der Waals surface area contributed by atoms with Crippen molar-refractivity contribution in [3.8, 4) is 17.1 Å². The first-order valence-corrected chi connectivity index (χ1v) is 8.23. The number of fused-ring (bicyclic) bond motifs is 1. The Hall–Kier alpha value is -3.08. The molecule has 1 atom stereocenters. The van der Waals surface area contributed by atoms with Gasteiger partial charge in [-0.25, -0.2) is 4.98 Å². The number of carbonyl (C=O) groups is 1. The normalized spacial score (nSPS) is 15.6. The predicted octanol–water partition coefficient (Wildman–Crippen LogP) is 3.77. The number of oxazole rings is 1. The number of hydrogen-bond acceptors (Lipinski definition) is 4. The van der Waals surface area contributed by atoms with E-state index in [-0.39, 0.29) is 17.6 Å². The molecule has 0 bridgehead atoms. The van der Waals surface area contributed by atoms with Gasteiger partial charge in [-0.2, -0.15) is 0 Å². The van der Waals surface area contributed by atoms with Gasteiger partial charge in [-0.1, -0.05) is 36.4 Å². The van der Waals surface area contributed by atoms with Crippen molar-refractivity contribution in [2.75, 3.05) is 7.11 Å². The lowest BCUT2D eigenvalue weighted by atomic mass is 10.1. The maximum atomic E-state index is 12.8. The second kappa shape index (κ2) is 6.43. The molecule has 0 unspecified atom stereocenters. The molecule has 1 aliphatic carbocycles. The third-order valence-electron chi connectivity index (χ3n) is 4.55. The number of nitrogens with one attached hydrogen (secondary N) is 1. The van der Waals surface area contributed by atoms with Crippen LogP contribution >= 0.6 is 0 Å². The zero-order chi connectivity index (χ0) is 17.2. The third kappa shape index (κ3) is 2.89. The van der Waals surface area contributed by atoms with E-state index in [2.05, 4.69) is 22.4 Å². The van der Waals surface area contributed by atoms with Crippen LogP contribution in [0.4, 0.5) is 0 Å². The van der Waals surface area contributed by atoms with Gasteiger partial charge < -0.3 is 14.5 Å². The maximum Gasteiger partial charge on any atom is 0.274 e. The second-order valence-electron chi connectivity index (χ2n) is 6.03. The van der Waals surface area contributed by atoms with Crippen molar-refractivity contribution in [3.63, 3.8) is 0 Å². The molecule has 0 saturated heterocycles. The quantitative estimate of drug-likeness (QED) is 0.789. The van der Waals surface area contributed by atoms with E-state index in [0.717, 1.165) is 18.4 Å². The molecular formula is C20H18N2O3. The molecule has 1 N–H and O–H groups in total. The van der Waals surface area contributed by atoms with Gasteiger partial charge in [-0.05, 0) is 36.1 Å². The second-order valence-corrected chi connectivity index (χ2v) is 6.03. The van der Waals surface area contributed by atoms with Gasteiger partial charge in [-0.3, -0.25) is 4.79 Å². The number of rotatable bonds is 4. The van der Waals surface area contributed by atoms with E-state index in [1.54, 1.807) is 7.11 Å². The molecule has 3 aromatic rings. The van der Waals surface area contributed by atoms with Gasteiger partial charge in [0.05, 0.1) is 13.2 Å². The van der Waals surface area contributed by atoms with Gasteiger partial charge in [0.15, 0.2) is 17.8 Å². The van der Waals surface area contributed by atoms with E-state index in [9.17, 15) is 4.79 Å². The maximum absolute atomic E-state index is 12.8. The zero-order valence-electron chi connectivity index (χ0n) is 13.9. The molecule has 0 saturated carbocycles. The van der Waals surface area contributed by atoms with E-state index in [1.807, 2.05) is 36.4 Å². The SMILES string of the molecule is COc1cccc(-c2ocnc2C(=O)N[C@@H]2CCc3ccccc32)c1. The van der Waals surface area contributed by atoms with Gasteiger partial charge in [0.25, 0.3) is 5.91 Å². The van der Waals surface area contributed by atoms with Crippen molar-refractivity contribution in [2.24, 2.45) is 0 Å². The van der Waals surface area contributed by atoms with Crippen LogP contribution in [-0.4, -0.2) is 18.0 Å². The number of benzene rings is 2. The molecule has 5 heteroatoms. The number of aromatic nitrogens is 1. The van der Waals surface area contributed by atoms with Gasteiger partial charge in [0, 0.05) is 5.56 Å². The Morgan fingerprint density at radius 1 is 1.24 bits per heavy atom. The summed E-state index contributed by atoms with van der Waals surface area (Å²) in [5.74, 6) is 0.918. The number of methoxy groups -OCH3 is 1. The number of carbonyl (C=O) groups excluding carboxylic acids is 1. The Balaban J connectivity index is 1.59. The largest absolute Gasteiger partial charge is 0.497 e. The van der Waals surface area contributed by atoms with Crippen molar-refractivity contribution in [1.29, 1.82) is 0 Å². The monoisotopic (exact) mass is 334 g/mol. The van der Waals surface area contributed by atoms with Crippen molar-refractivity contribution >= 4 is 5.91 Å². The Morgan fingerprint density at radius 3 is 3.00 bits per heavy atom. The zero-order valence-corrected chi connectivity index (χ0v) is 13.9. The van der Waals surface area contributed by atoms with Gasteiger partial charge >= 0.3 is 0 Å². The van der Waals surface area contributed by atoms with E-state index in [0.29, 0.717) is 11.5 Å². The van der Waals surface area contributed by atoms with Crippen LogP contribution < -0.4 is 10.1 Å². The summed E-state index contributed by atoms with van der Waals surface area (Å²) in [5.41, 5.74) is 3.52. The summed E-state index contributed by atoms with van der Waals surface area (Å²) >= 11 is 0. The minimum Gasteiger partial charge on any atom is -0.497 e. The molecule has 0 spiro atoms. The number of hydrogen-bond donors (Lipinski definition) is 1. The van der Waals surface area contributed by atoms with Crippen LogP contribution in [0.3, 0.4) is 0 Å². The summed E-state index contributed by atoms with van der Waals surface area (Å²) in [6, 6.07) is 15.6. The van der Waals surface area contributed by atoms with Crippen molar-refractivity contribution in [1.82, 2.24) is 10.3 Å². The lowest BCUT2D eigenvalue weighted by Crippen LogP contribution is -2.27. The highest BCUT2D eigenvalue weighted by Crippen LogP contribution is 2.32. The van der Waals surface area contributed by atoms with Crippen LogP contribution in [-0.2, 0) is 6.42 Å². The molecule has 0 fully saturated rings. The van der Waals surface area contributed by atoms with E-state index in [4.69, 9.17) is 9.15 Å². The van der Waals surface area contributed by atoms with E-state index in [1.165, 1.54) is 17.5 Å². The van der Waals surface area contributed by atoms with Gasteiger partial charge in [-0.15, -0.1) is 0 Å². The number of amides is 1. The molecule has 0 radical (unpaired) electrons. The first-order valence-electron chi connectivity index (χ1n) is 8.23. The summed E-state index contributed by atoms with van der Waals surface area (Å²) in [5, 5.41) is 3.08. The average Bonchev–Trinajstić information content (AvgIpc) is 3.29. The summed E-state index contributed by atoms with van der Waals surface area (Å²) < 4.78 is 10.7. The van der Waals surface area contributed by atoms with Crippen molar-refractivity contribution in [2.45, 2.75) is 18.9 Å². The standard InChI is InChI=1S/C20H18N2O3/c1-24-15-7-4-6-14(11-15)19-18(21-12-25-19)20(23)22-17-10-9-13-5-2-3-8-16(13)17/h2-8,11-12,17H,9-10H2,1H3,(H,22,23)/t17-/m1/s1. The molecule has 1 aliphatic rings. The van der Waals surface area contributed by atoms with Crippen LogP contribution in [0.15, 0.2) is 59.3 Å². The highest BCUT2D eigenvalue weighted by atomic mass is 16.5. The average molecular weight is 334 g/mol. The summed E-state index contributed by atoms with van der Waals surface area (Å²) in [6.07, 6.45) is 3.17. The van der Waals surface area contributed by atoms with Gasteiger partial charge in [0.2, 0.25) is 0 Å². The first-order chi connectivity index (χ1) is 12.3. The van der Waals surface area contributed by atoms with Gasteiger partial charge in [0.1, 0.15) is 5.75 Å². The lowest BCUT2D eigenvalue weighted by Gasteiger charge is -2.13. The third-order valence-corrected chi connectivity index (χ3v) is 4.55. The molecule has 126 valence electrons. The Kier molecular flexibility index (Phi) is 3.98. The van der Waals surface area contributed by atoms with Crippen molar-refractivity contribution < 1.29 is 13.9 Å². The fraction of sp³-hybridized carbons (Fsp3) is 0.200. The molecule has 1 aromatic heterocycles. The first kappa shape index (κ1) is 15.4. The lowest BCUT2D eigenvalue weighted by molar-refractivity contribution is 0.0932. The minimum atomic E-state index is -0.228. The molecular weight excluding hydrogens is 316 g/mol. The van der Waals surface area contributed by atoms with E-state index < -0.39 is 0 Å². The Labute approximate surface area is 145 Å². The minimum absolute atomic E-state index is 0.0126.